The molecule has 2 aromatic carbocycles. The summed E-state index contributed by atoms with van der Waals surface area (Å²) in [6.07, 6.45) is 3.79. The Morgan fingerprint density at radius 1 is 1.21 bits per heavy atom. The number of carboxylic acids is 1. The van der Waals surface area contributed by atoms with Gasteiger partial charge in [-0.15, -0.1) is 0 Å². The first-order valence-electron chi connectivity index (χ1n) is 11.6. The number of aromatic carboxylic acids is 1. The molecule has 6 nitrogen and oxygen atoms in total. The number of likely N-dealkylation sites (N-methyl/N-ethyl adjacent to an activating group) is 1. The summed E-state index contributed by atoms with van der Waals surface area (Å²) in [4.78, 5) is 14.4. The van der Waals surface area contributed by atoms with Crippen LogP contribution in [0.5, 0.6) is 0 Å². The van der Waals surface area contributed by atoms with E-state index in [1.54, 1.807) is 18.2 Å². The maximum atomic E-state index is 11.7. The first kappa shape index (κ1) is 25.4. The maximum Gasteiger partial charge on any atom is 0.335 e. The van der Waals surface area contributed by atoms with E-state index >= 15 is 0 Å². The highest BCUT2D eigenvalue weighted by Gasteiger charge is 2.44. The third-order valence-corrected chi connectivity index (χ3v) is 8.46. The van der Waals surface area contributed by atoms with Crippen molar-refractivity contribution >= 4 is 15.8 Å². The second-order valence-electron chi connectivity index (χ2n) is 9.52. The van der Waals surface area contributed by atoms with Crippen LogP contribution in [-0.4, -0.2) is 62.9 Å². The van der Waals surface area contributed by atoms with Gasteiger partial charge in [0.25, 0.3) is 0 Å². The second kappa shape index (κ2) is 9.95. The molecule has 3 rings (SSSR count). The summed E-state index contributed by atoms with van der Waals surface area (Å²) in [5.41, 5.74) is 3.53. The van der Waals surface area contributed by atoms with Crippen molar-refractivity contribution in [3.63, 3.8) is 0 Å². The highest BCUT2D eigenvalue weighted by Crippen LogP contribution is 2.40. The first-order valence-corrected chi connectivity index (χ1v) is 13.5. The molecule has 2 aromatic rings. The average Bonchev–Trinajstić information content (AvgIpc) is 2.78. The molecule has 3 atom stereocenters. The fourth-order valence-corrected chi connectivity index (χ4v) is 5.71. The third-order valence-electron chi connectivity index (χ3n) is 7.33. The molecule has 0 aromatic heterocycles. The summed E-state index contributed by atoms with van der Waals surface area (Å²) in [7, 11) is -1.06. The number of benzene rings is 2. The van der Waals surface area contributed by atoms with Crippen molar-refractivity contribution in [2.24, 2.45) is 0 Å². The Hall–Kier alpha value is -2.22. The SMILES string of the molecule is CCc1ccc(C(=O)O)cc1[C@@]1(C)CCN(C)[C@H](C)[C@@H]1NCCc1ccc(S(C)(=O)=O)cc1. The fraction of sp³-hybridized carbons (Fsp3) is 0.500. The highest BCUT2D eigenvalue weighted by atomic mass is 32.2. The van der Waals surface area contributed by atoms with Gasteiger partial charge in [-0.25, -0.2) is 13.2 Å². The van der Waals surface area contributed by atoms with Crippen LogP contribution in [0, 0.1) is 0 Å². The van der Waals surface area contributed by atoms with Gasteiger partial charge in [0.1, 0.15) is 0 Å². The van der Waals surface area contributed by atoms with E-state index in [1.807, 2.05) is 24.3 Å². The van der Waals surface area contributed by atoms with Crippen LogP contribution in [0.4, 0.5) is 0 Å². The van der Waals surface area contributed by atoms with Gasteiger partial charge >= 0.3 is 5.97 Å². The molecule has 0 amide bonds. The number of aryl methyl sites for hydroxylation is 1. The molecule has 1 fully saturated rings. The van der Waals surface area contributed by atoms with Gasteiger partial charge in [-0.2, -0.15) is 0 Å². The van der Waals surface area contributed by atoms with Crippen LogP contribution in [0.25, 0.3) is 0 Å². The molecule has 2 N–H and O–H groups in total. The first-order chi connectivity index (χ1) is 15.5. The average molecular weight is 473 g/mol. The Bertz CT molecular complexity index is 1100. The van der Waals surface area contributed by atoms with E-state index < -0.39 is 15.8 Å². The molecule has 7 heteroatoms. The Morgan fingerprint density at radius 2 is 1.88 bits per heavy atom. The topological polar surface area (TPSA) is 86.7 Å². The highest BCUT2D eigenvalue weighted by molar-refractivity contribution is 7.90. The molecule has 1 aliphatic rings. The summed E-state index contributed by atoms with van der Waals surface area (Å²) in [5, 5.41) is 13.4. The minimum absolute atomic E-state index is 0.140. The van der Waals surface area contributed by atoms with Crippen LogP contribution in [0.1, 0.15) is 54.2 Å². The molecule has 0 aliphatic carbocycles. The lowest BCUT2D eigenvalue weighted by Crippen LogP contribution is -2.62. The standard InChI is InChI=1S/C26H36N2O4S/c1-6-20-9-10-21(25(29)30)17-23(20)26(3)14-16-28(4)18(2)24(26)27-15-13-19-7-11-22(12-8-19)33(5,31)32/h7-12,17-18,24,27H,6,13-16H2,1-5H3,(H,29,30)/t18-,24+,26-/m1/s1. The Morgan fingerprint density at radius 3 is 2.45 bits per heavy atom. The molecule has 1 heterocycles. The van der Waals surface area contributed by atoms with Crippen molar-refractivity contribution in [3.8, 4) is 0 Å². The van der Waals surface area contributed by atoms with Crippen LogP contribution >= 0.6 is 0 Å². The van der Waals surface area contributed by atoms with Crippen molar-refractivity contribution in [2.45, 2.75) is 62.4 Å². The zero-order valence-corrected chi connectivity index (χ0v) is 21.1. The minimum atomic E-state index is -3.20. The van der Waals surface area contributed by atoms with Crippen LogP contribution < -0.4 is 5.32 Å². The van der Waals surface area contributed by atoms with Crippen LogP contribution in [0.2, 0.25) is 0 Å². The molecule has 0 unspecified atom stereocenters. The van der Waals surface area contributed by atoms with E-state index in [2.05, 4.69) is 38.0 Å². The smallest absolute Gasteiger partial charge is 0.335 e. The zero-order chi connectivity index (χ0) is 24.4. The molecule has 0 saturated carbocycles. The monoisotopic (exact) mass is 472 g/mol. The fourth-order valence-electron chi connectivity index (χ4n) is 5.08. The molecule has 0 spiro atoms. The van der Waals surface area contributed by atoms with E-state index in [0.29, 0.717) is 10.5 Å². The largest absolute Gasteiger partial charge is 0.478 e. The number of piperidine rings is 1. The van der Waals surface area contributed by atoms with Gasteiger partial charge in [-0.1, -0.05) is 32.0 Å². The Balaban J connectivity index is 1.85. The molecule has 1 saturated heterocycles. The molecule has 33 heavy (non-hydrogen) atoms. The summed E-state index contributed by atoms with van der Waals surface area (Å²) in [6, 6.07) is 13.0. The molecule has 0 bridgehead atoms. The lowest BCUT2D eigenvalue weighted by molar-refractivity contribution is 0.0695. The van der Waals surface area contributed by atoms with Gasteiger partial charge in [-0.3, -0.25) is 0 Å². The molecule has 1 aliphatic heterocycles. The number of hydrogen-bond acceptors (Lipinski definition) is 5. The maximum absolute atomic E-state index is 11.7. The van der Waals surface area contributed by atoms with Crippen molar-refractivity contribution in [1.82, 2.24) is 10.2 Å². The van der Waals surface area contributed by atoms with E-state index in [-0.39, 0.29) is 17.5 Å². The van der Waals surface area contributed by atoms with Gasteiger partial charge in [0.2, 0.25) is 0 Å². The van der Waals surface area contributed by atoms with E-state index in [9.17, 15) is 18.3 Å². The van der Waals surface area contributed by atoms with Crippen LogP contribution in [-0.2, 0) is 28.1 Å². The second-order valence-corrected chi connectivity index (χ2v) is 11.5. The number of carbonyl (C=O) groups is 1. The van der Waals surface area contributed by atoms with Crippen molar-refractivity contribution < 1.29 is 18.3 Å². The van der Waals surface area contributed by atoms with E-state index in [0.717, 1.165) is 43.5 Å². The third kappa shape index (κ3) is 5.48. The molecular formula is C26H36N2O4S. The number of nitrogens with zero attached hydrogens (tertiary/aromatic N) is 1. The lowest BCUT2D eigenvalue weighted by Gasteiger charge is -2.50. The van der Waals surface area contributed by atoms with Gasteiger partial charge in [0, 0.05) is 23.8 Å². The number of hydrogen-bond donors (Lipinski definition) is 2. The lowest BCUT2D eigenvalue weighted by atomic mass is 9.66. The summed E-state index contributed by atoms with van der Waals surface area (Å²) in [6.45, 7) is 8.29. The van der Waals surface area contributed by atoms with Gasteiger partial charge in [0.05, 0.1) is 10.5 Å². The number of sulfone groups is 1. The van der Waals surface area contributed by atoms with E-state index in [4.69, 9.17) is 0 Å². The Labute approximate surface area is 197 Å². The Kier molecular flexibility index (Phi) is 7.66. The normalized spacial score (nSPS) is 24.0. The number of likely N-dealkylation sites (tertiary alicyclic amines) is 1. The quantitative estimate of drug-likeness (QED) is 0.611. The number of carboxylic acid groups (broad SMARTS) is 1. The van der Waals surface area contributed by atoms with Crippen molar-refractivity contribution in [1.29, 1.82) is 0 Å². The summed E-state index contributed by atoms with van der Waals surface area (Å²) < 4.78 is 23.4. The van der Waals surface area contributed by atoms with Gasteiger partial charge in [-0.05, 0) is 87.3 Å². The summed E-state index contributed by atoms with van der Waals surface area (Å²) >= 11 is 0. The molecule has 180 valence electrons. The van der Waals surface area contributed by atoms with Crippen LogP contribution in [0.3, 0.4) is 0 Å². The molecule has 0 radical (unpaired) electrons. The van der Waals surface area contributed by atoms with Gasteiger partial charge < -0.3 is 15.3 Å². The van der Waals surface area contributed by atoms with Gasteiger partial charge in [0.15, 0.2) is 9.84 Å². The predicted molar refractivity (Wildman–Crippen MR) is 132 cm³/mol. The number of rotatable bonds is 8. The predicted octanol–water partition coefficient (Wildman–Crippen LogP) is 3.53. The van der Waals surface area contributed by atoms with Crippen molar-refractivity contribution in [3.05, 3.63) is 64.7 Å². The van der Waals surface area contributed by atoms with Crippen LogP contribution in [0.15, 0.2) is 47.4 Å². The number of nitrogens with one attached hydrogen (secondary N) is 1. The van der Waals surface area contributed by atoms with Crippen molar-refractivity contribution in [2.75, 3.05) is 26.4 Å². The molecular weight excluding hydrogens is 436 g/mol. The van der Waals surface area contributed by atoms with E-state index in [1.165, 1.54) is 11.8 Å². The summed E-state index contributed by atoms with van der Waals surface area (Å²) in [5.74, 6) is -0.898. The zero-order valence-electron chi connectivity index (χ0n) is 20.3. The minimum Gasteiger partial charge on any atom is -0.478 e.